The molecule has 5 heteroatoms. The summed E-state index contributed by atoms with van der Waals surface area (Å²) in [4.78, 5) is 12.6. The molecule has 1 fully saturated rings. The molecule has 5 nitrogen and oxygen atoms in total. The molecule has 25 heavy (non-hydrogen) atoms. The molecule has 0 unspecified atom stereocenters. The van der Waals surface area contributed by atoms with Gasteiger partial charge in [0.1, 0.15) is 18.1 Å². The van der Waals surface area contributed by atoms with Gasteiger partial charge in [0.2, 0.25) is 0 Å². The van der Waals surface area contributed by atoms with E-state index < -0.39 is 0 Å². The average Bonchev–Trinajstić information content (AvgIpc) is 3.27. The van der Waals surface area contributed by atoms with Crippen molar-refractivity contribution in [3.8, 4) is 5.75 Å². The summed E-state index contributed by atoms with van der Waals surface area (Å²) >= 11 is 0. The highest BCUT2D eigenvalue weighted by atomic mass is 16.5. The van der Waals surface area contributed by atoms with Crippen LogP contribution in [0.5, 0.6) is 5.75 Å². The van der Waals surface area contributed by atoms with Crippen LogP contribution < -0.4 is 10.1 Å². The molecule has 0 spiro atoms. The van der Waals surface area contributed by atoms with Crippen molar-refractivity contribution in [1.82, 2.24) is 5.32 Å². The van der Waals surface area contributed by atoms with Crippen LogP contribution in [0.25, 0.3) is 0 Å². The fourth-order valence-electron chi connectivity index (χ4n) is 3.86. The van der Waals surface area contributed by atoms with Crippen LogP contribution in [0, 0.1) is 6.92 Å². The molecule has 1 aromatic carbocycles. The van der Waals surface area contributed by atoms with Gasteiger partial charge in [-0.25, -0.2) is 0 Å². The maximum Gasteiger partial charge on any atom is 0.287 e. The van der Waals surface area contributed by atoms with Gasteiger partial charge in [0.15, 0.2) is 5.76 Å². The normalized spacial score (nSPS) is 16.0. The number of ether oxygens (including phenoxy) is 1. The zero-order chi connectivity index (χ0) is 17.9. The van der Waals surface area contributed by atoms with Crippen molar-refractivity contribution in [2.75, 3.05) is 13.7 Å². The van der Waals surface area contributed by atoms with Gasteiger partial charge in [0.05, 0.1) is 7.11 Å². The second-order valence-corrected chi connectivity index (χ2v) is 6.75. The Balaban J connectivity index is 1.81. The minimum Gasteiger partial charge on any atom is -0.496 e. The van der Waals surface area contributed by atoms with Crippen LogP contribution in [0.1, 0.15) is 53.1 Å². The zero-order valence-electron chi connectivity index (χ0n) is 14.8. The van der Waals surface area contributed by atoms with E-state index in [0.717, 1.165) is 42.6 Å². The molecular formula is C20H25NO4. The van der Waals surface area contributed by atoms with E-state index in [9.17, 15) is 4.79 Å². The number of amides is 1. The Kier molecular flexibility index (Phi) is 5.13. The number of carbonyl (C=O) groups is 1. The minimum atomic E-state index is -0.238. The number of para-hydroxylation sites is 1. The van der Waals surface area contributed by atoms with Gasteiger partial charge in [-0.05, 0) is 31.9 Å². The highest BCUT2D eigenvalue weighted by Crippen LogP contribution is 2.44. The summed E-state index contributed by atoms with van der Waals surface area (Å²) in [5, 5.41) is 12.2. The minimum absolute atomic E-state index is 0.109. The third-order valence-corrected chi connectivity index (χ3v) is 5.16. The first kappa shape index (κ1) is 17.5. The molecule has 1 aromatic heterocycles. The number of nitrogens with one attached hydrogen (secondary N) is 1. The third kappa shape index (κ3) is 3.42. The largest absolute Gasteiger partial charge is 0.496 e. The van der Waals surface area contributed by atoms with Gasteiger partial charge < -0.3 is 19.6 Å². The number of methoxy groups -OCH3 is 1. The van der Waals surface area contributed by atoms with Crippen molar-refractivity contribution in [1.29, 1.82) is 0 Å². The molecule has 0 aliphatic heterocycles. The lowest BCUT2D eigenvalue weighted by molar-refractivity contribution is 0.0909. The number of aliphatic hydroxyl groups excluding tert-OH is 1. The second kappa shape index (κ2) is 7.31. The molecule has 2 aromatic rings. The van der Waals surface area contributed by atoms with E-state index in [1.54, 1.807) is 13.2 Å². The van der Waals surface area contributed by atoms with Crippen molar-refractivity contribution >= 4 is 5.91 Å². The van der Waals surface area contributed by atoms with E-state index in [4.69, 9.17) is 14.3 Å². The van der Waals surface area contributed by atoms with Gasteiger partial charge in [-0.1, -0.05) is 31.0 Å². The zero-order valence-corrected chi connectivity index (χ0v) is 14.8. The lowest BCUT2D eigenvalue weighted by atomic mass is 9.78. The number of rotatable bonds is 6. The maximum absolute atomic E-state index is 12.6. The van der Waals surface area contributed by atoms with Crippen molar-refractivity contribution in [2.24, 2.45) is 0 Å². The summed E-state index contributed by atoms with van der Waals surface area (Å²) in [5.41, 5.74) is 1.78. The predicted molar refractivity (Wildman–Crippen MR) is 94.8 cm³/mol. The lowest BCUT2D eigenvalue weighted by Gasteiger charge is -2.31. The van der Waals surface area contributed by atoms with Crippen molar-refractivity contribution in [3.63, 3.8) is 0 Å². The van der Waals surface area contributed by atoms with Crippen LogP contribution in [-0.4, -0.2) is 24.7 Å². The second-order valence-electron chi connectivity index (χ2n) is 6.75. The van der Waals surface area contributed by atoms with Gasteiger partial charge >= 0.3 is 0 Å². The SMILES string of the molecule is COc1ccccc1C1(CNC(=O)c2oc(CO)cc2C)CCCC1. The van der Waals surface area contributed by atoms with E-state index in [-0.39, 0.29) is 23.7 Å². The molecule has 0 saturated heterocycles. The first-order valence-corrected chi connectivity index (χ1v) is 8.71. The Morgan fingerprint density at radius 1 is 1.32 bits per heavy atom. The summed E-state index contributed by atoms with van der Waals surface area (Å²) in [6.45, 7) is 2.14. The van der Waals surface area contributed by atoms with Gasteiger partial charge in [0, 0.05) is 23.1 Å². The molecule has 1 aliphatic carbocycles. The van der Waals surface area contributed by atoms with Crippen molar-refractivity contribution < 1.29 is 19.1 Å². The standard InChI is InChI=1S/C20H25NO4/c1-14-11-15(12-22)25-18(14)19(23)21-13-20(9-5-6-10-20)16-7-3-4-8-17(16)24-2/h3-4,7-8,11,22H,5-6,9-10,12-13H2,1-2H3,(H,21,23). The lowest BCUT2D eigenvalue weighted by Crippen LogP contribution is -2.39. The first-order valence-electron chi connectivity index (χ1n) is 8.71. The van der Waals surface area contributed by atoms with Gasteiger partial charge in [-0.15, -0.1) is 0 Å². The Bertz CT molecular complexity index is 744. The highest BCUT2D eigenvalue weighted by molar-refractivity contribution is 5.93. The fourth-order valence-corrected chi connectivity index (χ4v) is 3.86. The molecule has 134 valence electrons. The van der Waals surface area contributed by atoms with E-state index in [0.29, 0.717) is 12.3 Å². The number of aliphatic hydroxyl groups is 1. The Hall–Kier alpha value is -2.27. The van der Waals surface area contributed by atoms with Crippen molar-refractivity contribution in [2.45, 2.75) is 44.6 Å². The van der Waals surface area contributed by atoms with Gasteiger partial charge in [-0.3, -0.25) is 4.79 Å². The number of furan rings is 1. The van der Waals surface area contributed by atoms with Gasteiger partial charge in [-0.2, -0.15) is 0 Å². The van der Waals surface area contributed by atoms with Crippen LogP contribution in [-0.2, 0) is 12.0 Å². The summed E-state index contributed by atoms with van der Waals surface area (Å²) in [5.74, 6) is 1.31. The Morgan fingerprint density at radius 3 is 2.68 bits per heavy atom. The predicted octanol–water partition coefficient (Wildman–Crippen LogP) is 3.33. The molecule has 0 atom stereocenters. The Morgan fingerprint density at radius 2 is 2.04 bits per heavy atom. The summed E-state index contributed by atoms with van der Waals surface area (Å²) in [6.07, 6.45) is 4.32. The molecule has 0 radical (unpaired) electrons. The monoisotopic (exact) mass is 343 g/mol. The molecule has 2 N–H and O–H groups in total. The number of carbonyl (C=O) groups excluding carboxylic acids is 1. The molecule has 1 saturated carbocycles. The maximum atomic E-state index is 12.6. The van der Waals surface area contributed by atoms with E-state index in [1.165, 1.54) is 0 Å². The van der Waals surface area contributed by atoms with E-state index in [2.05, 4.69) is 11.4 Å². The topological polar surface area (TPSA) is 71.7 Å². The first-order chi connectivity index (χ1) is 12.1. The molecular weight excluding hydrogens is 318 g/mol. The van der Waals surface area contributed by atoms with Crippen LogP contribution in [0.2, 0.25) is 0 Å². The number of benzene rings is 1. The molecule has 0 bridgehead atoms. The van der Waals surface area contributed by atoms with Crippen LogP contribution >= 0.6 is 0 Å². The highest BCUT2D eigenvalue weighted by Gasteiger charge is 2.38. The molecule has 3 rings (SSSR count). The third-order valence-electron chi connectivity index (χ3n) is 5.16. The number of hydrogen-bond acceptors (Lipinski definition) is 4. The fraction of sp³-hybridized carbons (Fsp3) is 0.450. The van der Waals surface area contributed by atoms with Crippen LogP contribution in [0.3, 0.4) is 0 Å². The Labute approximate surface area is 148 Å². The quantitative estimate of drug-likeness (QED) is 0.844. The van der Waals surface area contributed by atoms with E-state index >= 15 is 0 Å². The van der Waals surface area contributed by atoms with Crippen LogP contribution in [0.15, 0.2) is 34.7 Å². The molecule has 1 aliphatic rings. The number of hydrogen-bond donors (Lipinski definition) is 2. The summed E-state index contributed by atoms with van der Waals surface area (Å²) in [6, 6.07) is 9.75. The van der Waals surface area contributed by atoms with E-state index in [1.807, 2.05) is 25.1 Å². The van der Waals surface area contributed by atoms with Crippen molar-refractivity contribution in [3.05, 3.63) is 53.0 Å². The molecule has 1 heterocycles. The summed E-state index contributed by atoms with van der Waals surface area (Å²) < 4.78 is 11.0. The van der Waals surface area contributed by atoms with Gasteiger partial charge in [0.25, 0.3) is 5.91 Å². The average molecular weight is 343 g/mol. The smallest absolute Gasteiger partial charge is 0.287 e. The molecule has 1 amide bonds. The summed E-state index contributed by atoms with van der Waals surface area (Å²) in [7, 11) is 1.68. The van der Waals surface area contributed by atoms with Crippen LogP contribution in [0.4, 0.5) is 0 Å². The number of aryl methyl sites for hydroxylation is 1.